The maximum atomic E-state index is 13.3. The number of hydrogen-bond donors (Lipinski definition) is 0. The molecular formula is C23H31N3O3S2. The number of rotatable bonds is 4. The van der Waals surface area contributed by atoms with Crippen LogP contribution in [0.2, 0.25) is 0 Å². The number of carbonyl (C=O) groups is 1. The molecule has 6 nitrogen and oxygen atoms in total. The number of likely N-dealkylation sites (tertiary alicyclic amines) is 1. The van der Waals surface area contributed by atoms with E-state index in [4.69, 9.17) is 0 Å². The van der Waals surface area contributed by atoms with Crippen molar-refractivity contribution in [2.45, 2.75) is 43.9 Å². The number of aryl methyl sites for hydroxylation is 1. The molecule has 2 fully saturated rings. The number of sulfonamides is 1. The van der Waals surface area contributed by atoms with Crippen LogP contribution in [0.4, 0.5) is 5.69 Å². The zero-order valence-electron chi connectivity index (χ0n) is 18.5. The van der Waals surface area contributed by atoms with Crippen molar-refractivity contribution in [3.63, 3.8) is 0 Å². The third-order valence-corrected chi connectivity index (χ3v) is 9.69. The molecular weight excluding hydrogens is 430 g/mol. The number of anilines is 1. The molecule has 2 aliphatic heterocycles. The van der Waals surface area contributed by atoms with Crippen molar-refractivity contribution in [2.24, 2.45) is 5.92 Å². The van der Waals surface area contributed by atoms with Crippen LogP contribution in [0.1, 0.15) is 42.6 Å². The van der Waals surface area contributed by atoms with Crippen LogP contribution in [0.3, 0.4) is 0 Å². The van der Waals surface area contributed by atoms with Crippen molar-refractivity contribution < 1.29 is 13.2 Å². The Balaban J connectivity index is 1.45. The second-order valence-electron chi connectivity index (χ2n) is 8.87. The van der Waals surface area contributed by atoms with E-state index in [-0.39, 0.29) is 16.2 Å². The van der Waals surface area contributed by atoms with Crippen LogP contribution < -0.4 is 4.90 Å². The van der Waals surface area contributed by atoms with Gasteiger partial charge < -0.3 is 9.80 Å². The van der Waals surface area contributed by atoms with E-state index in [1.165, 1.54) is 5.56 Å². The largest absolute Gasteiger partial charge is 0.366 e. The van der Waals surface area contributed by atoms with Crippen LogP contribution in [0.25, 0.3) is 0 Å². The Kier molecular flexibility index (Phi) is 6.42. The number of hydrogen-bond acceptors (Lipinski definition) is 5. The lowest BCUT2D eigenvalue weighted by molar-refractivity contribution is 0.0697. The van der Waals surface area contributed by atoms with Crippen LogP contribution in [0, 0.1) is 12.8 Å². The predicted molar refractivity (Wildman–Crippen MR) is 125 cm³/mol. The van der Waals surface area contributed by atoms with Gasteiger partial charge in [-0.2, -0.15) is 4.31 Å². The first kappa shape index (κ1) is 22.3. The predicted octanol–water partition coefficient (Wildman–Crippen LogP) is 3.83. The number of nitrogens with zero attached hydrogens (tertiary/aromatic N) is 3. The SMILES string of the molecule is Cc1cccc(N2CCN(S(=O)(=O)c3cc(C(=O)N4CCC(C)CC4)cs3)CC2C)c1. The fourth-order valence-corrected chi connectivity index (χ4v) is 7.24. The van der Waals surface area contributed by atoms with E-state index < -0.39 is 10.0 Å². The van der Waals surface area contributed by atoms with Gasteiger partial charge in [-0.15, -0.1) is 11.3 Å². The second-order valence-corrected chi connectivity index (χ2v) is 11.9. The van der Waals surface area contributed by atoms with Gasteiger partial charge in [-0.3, -0.25) is 4.79 Å². The first-order valence-electron chi connectivity index (χ1n) is 11.0. The molecule has 0 aliphatic carbocycles. The molecule has 2 aromatic rings. The third kappa shape index (κ3) is 4.66. The Morgan fingerprint density at radius 2 is 1.81 bits per heavy atom. The Morgan fingerprint density at radius 3 is 2.48 bits per heavy atom. The molecule has 1 unspecified atom stereocenters. The lowest BCUT2D eigenvalue weighted by Crippen LogP contribution is -2.53. The fraction of sp³-hybridized carbons (Fsp3) is 0.522. The summed E-state index contributed by atoms with van der Waals surface area (Å²) in [6.07, 6.45) is 2.01. The summed E-state index contributed by atoms with van der Waals surface area (Å²) in [6, 6.07) is 9.95. The number of amides is 1. The highest BCUT2D eigenvalue weighted by Gasteiger charge is 2.34. The maximum Gasteiger partial charge on any atom is 0.254 e. The molecule has 2 aliphatic rings. The van der Waals surface area contributed by atoms with E-state index in [9.17, 15) is 13.2 Å². The molecule has 1 aromatic heterocycles. The molecule has 3 heterocycles. The van der Waals surface area contributed by atoms with Gasteiger partial charge >= 0.3 is 0 Å². The second kappa shape index (κ2) is 8.92. The highest BCUT2D eigenvalue weighted by atomic mass is 32.2. The van der Waals surface area contributed by atoms with E-state index in [2.05, 4.69) is 43.9 Å². The van der Waals surface area contributed by atoms with E-state index in [1.807, 2.05) is 11.0 Å². The first-order chi connectivity index (χ1) is 14.8. The van der Waals surface area contributed by atoms with Gasteiger partial charge in [-0.1, -0.05) is 19.1 Å². The van der Waals surface area contributed by atoms with E-state index in [1.54, 1.807) is 15.8 Å². The molecule has 4 rings (SSSR count). The highest BCUT2D eigenvalue weighted by molar-refractivity contribution is 7.91. The van der Waals surface area contributed by atoms with Crippen molar-refractivity contribution in [1.29, 1.82) is 0 Å². The number of thiophene rings is 1. The average Bonchev–Trinajstić information content (AvgIpc) is 3.25. The molecule has 168 valence electrons. The summed E-state index contributed by atoms with van der Waals surface area (Å²) in [5.41, 5.74) is 2.81. The van der Waals surface area contributed by atoms with Crippen molar-refractivity contribution in [3.8, 4) is 0 Å². The quantitative estimate of drug-likeness (QED) is 0.694. The molecule has 0 bridgehead atoms. The van der Waals surface area contributed by atoms with Crippen molar-refractivity contribution >= 4 is 33.0 Å². The number of piperidine rings is 1. The van der Waals surface area contributed by atoms with Crippen LogP contribution >= 0.6 is 11.3 Å². The van der Waals surface area contributed by atoms with Crippen LogP contribution in [-0.2, 0) is 10.0 Å². The van der Waals surface area contributed by atoms with Crippen LogP contribution in [-0.4, -0.2) is 62.3 Å². The summed E-state index contributed by atoms with van der Waals surface area (Å²) >= 11 is 1.15. The van der Waals surface area contributed by atoms with E-state index in [0.717, 1.165) is 43.0 Å². The van der Waals surface area contributed by atoms with Crippen molar-refractivity contribution in [2.75, 3.05) is 37.6 Å². The topological polar surface area (TPSA) is 60.9 Å². The summed E-state index contributed by atoms with van der Waals surface area (Å²) in [7, 11) is -3.61. The monoisotopic (exact) mass is 461 g/mol. The van der Waals surface area contributed by atoms with Crippen molar-refractivity contribution in [1.82, 2.24) is 9.21 Å². The number of piperazine rings is 1. The maximum absolute atomic E-state index is 13.3. The molecule has 0 spiro atoms. The molecule has 0 N–H and O–H groups in total. The summed E-state index contributed by atoms with van der Waals surface area (Å²) in [5, 5.41) is 1.69. The van der Waals surface area contributed by atoms with Gasteiger partial charge in [0.25, 0.3) is 15.9 Å². The zero-order chi connectivity index (χ0) is 22.2. The first-order valence-corrected chi connectivity index (χ1v) is 13.3. The van der Waals surface area contributed by atoms with E-state index in [0.29, 0.717) is 31.1 Å². The molecule has 31 heavy (non-hydrogen) atoms. The molecule has 0 saturated carbocycles. The van der Waals surface area contributed by atoms with Gasteiger partial charge in [-0.25, -0.2) is 8.42 Å². The lowest BCUT2D eigenvalue weighted by Gasteiger charge is -2.40. The molecule has 1 aromatic carbocycles. The Labute approximate surface area is 189 Å². The molecule has 2 saturated heterocycles. The fourth-order valence-electron chi connectivity index (χ4n) is 4.42. The summed E-state index contributed by atoms with van der Waals surface area (Å²) in [4.78, 5) is 16.9. The van der Waals surface area contributed by atoms with Gasteiger partial charge in [-0.05, 0) is 56.4 Å². The average molecular weight is 462 g/mol. The minimum atomic E-state index is -3.61. The number of carbonyl (C=O) groups excluding carboxylic acids is 1. The summed E-state index contributed by atoms with van der Waals surface area (Å²) in [5.74, 6) is 0.588. The Hall–Kier alpha value is -1.90. The zero-order valence-corrected chi connectivity index (χ0v) is 20.1. The molecule has 0 radical (unpaired) electrons. The summed E-state index contributed by atoms with van der Waals surface area (Å²) < 4.78 is 28.4. The lowest BCUT2D eigenvalue weighted by atomic mass is 9.99. The molecule has 1 amide bonds. The molecule has 1 atom stereocenters. The van der Waals surface area contributed by atoms with Gasteiger partial charge in [0.2, 0.25) is 0 Å². The Morgan fingerprint density at radius 1 is 1.06 bits per heavy atom. The summed E-state index contributed by atoms with van der Waals surface area (Å²) in [6.45, 7) is 9.34. The molecule has 8 heteroatoms. The standard InChI is InChI=1S/C23H31N3O3S2/c1-17-7-9-24(10-8-17)23(27)20-14-22(30-16-20)31(28,29)25-11-12-26(19(3)15-25)21-6-4-5-18(2)13-21/h4-6,13-14,16-17,19H,7-12,15H2,1-3H3. The number of benzene rings is 1. The van der Waals surface area contributed by atoms with Gasteiger partial charge in [0.05, 0.1) is 5.56 Å². The van der Waals surface area contributed by atoms with Crippen molar-refractivity contribution in [3.05, 3.63) is 46.8 Å². The van der Waals surface area contributed by atoms with Crippen LogP contribution in [0.15, 0.2) is 39.9 Å². The van der Waals surface area contributed by atoms with Gasteiger partial charge in [0.1, 0.15) is 4.21 Å². The highest BCUT2D eigenvalue weighted by Crippen LogP contribution is 2.29. The third-order valence-electron chi connectivity index (χ3n) is 6.41. The smallest absolute Gasteiger partial charge is 0.254 e. The van der Waals surface area contributed by atoms with Gasteiger partial charge in [0, 0.05) is 49.8 Å². The van der Waals surface area contributed by atoms with Crippen LogP contribution in [0.5, 0.6) is 0 Å². The van der Waals surface area contributed by atoms with E-state index >= 15 is 0 Å². The minimum absolute atomic E-state index is 0.0535. The minimum Gasteiger partial charge on any atom is -0.366 e. The Bertz CT molecular complexity index is 1040. The normalized spacial score (nSPS) is 21.5. The van der Waals surface area contributed by atoms with Gasteiger partial charge in [0.15, 0.2) is 0 Å².